The van der Waals surface area contributed by atoms with Gasteiger partial charge in [-0.3, -0.25) is 4.79 Å². The molecule has 4 nitrogen and oxygen atoms in total. The molecule has 2 rings (SSSR count). The van der Waals surface area contributed by atoms with E-state index in [1.807, 2.05) is 11.0 Å². The Labute approximate surface area is 143 Å². The van der Waals surface area contributed by atoms with Crippen LogP contribution in [-0.2, 0) is 4.79 Å². The van der Waals surface area contributed by atoms with Crippen LogP contribution in [0.3, 0.4) is 0 Å². The van der Waals surface area contributed by atoms with Crippen LogP contribution >= 0.6 is 11.8 Å². The molecule has 0 radical (unpaired) electrons. The molecule has 0 bridgehead atoms. The first kappa shape index (κ1) is 17.9. The van der Waals surface area contributed by atoms with E-state index < -0.39 is 0 Å². The molecule has 23 heavy (non-hydrogen) atoms. The van der Waals surface area contributed by atoms with E-state index in [9.17, 15) is 4.79 Å². The second-order valence-corrected chi connectivity index (χ2v) is 7.13. The van der Waals surface area contributed by atoms with E-state index in [1.54, 1.807) is 0 Å². The number of thioether (sulfide) groups is 1. The second kappa shape index (κ2) is 7.86. The van der Waals surface area contributed by atoms with E-state index in [-0.39, 0.29) is 18.0 Å². The summed E-state index contributed by atoms with van der Waals surface area (Å²) in [7, 11) is 0. The second-order valence-electron chi connectivity index (χ2n) is 6.17. The molecule has 0 saturated heterocycles. The molecule has 5 heteroatoms. The lowest BCUT2D eigenvalue weighted by molar-refractivity contribution is -0.132. The summed E-state index contributed by atoms with van der Waals surface area (Å²) in [6, 6.07) is 6.69. The summed E-state index contributed by atoms with van der Waals surface area (Å²) in [6.07, 6.45) is 1.95. The SMILES string of the molecule is CC[C@@H](C)N(C(=O)CSc1nc2ccc(C)cc2[nH]1)[C@@H](C)CC. The highest BCUT2D eigenvalue weighted by atomic mass is 32.2. The number of hydrogen-bond donors (Lipinski definition) is 1. The van der Waals surface area contributed by atoms with Crippen LogP contribution < -0.4 is 0 Å². The Morgan fingerprint density at radius 1 is 1.26 bits per heavy atom. The molecule has 2 aromatic rings. The third-order valence-electron chi connectivity index (χ3n) is 4.37. The number of carbonyl (C=O) groups excluding carboxylic acids is 1. The van der Waals surface area contributed by atoms with Gasteiger partial charge in [0.25, 0.3) is 0 Å². The molecule has 0 aliphatic heterocycles. The number of fused-ring (bicyclic) bond motifs is 1. The number of carbonyl (C=O) groups is 1. The van der Waals surface area contributed by atoms with Gasteiger partial charge in [0.2, 0.25) is 5.91 Å². The number of aromatic nitrogens is 2. The Balaban J connectivity index is 2.06. The average molecular weight is 334 g/mol. The van der Waals surface area contributed by atoms with Gasteiger partial charge < -0.3 is 9.88 Å². The molecular formula is C18H27N3OS. The van der Waals surface area contributed by atoms with Crippen molar-refractivity contribution in [1.82, 2.24) is 14.9 Å². The molecule has 0 saturated carbocycles. The van der Waals surface area contributed by atoms with Gasteiger partial charge in [0.05, 0.1) is 16.8 Å². The maximum Gasteiger partial charge on any atom is 0.233 e. The zero-order chi connectivity index (χ0) is 17.0. The van der Waals surface area contributed by atoms with Crippen LogP contribution in [0.4, 0.5) is 0 Å². The van der Waals surface area contributed by atoms with Crippen molar-refractivity contribution in [1.29, 1.82) is 0 Å². The molecule has 126 valence electrons. The molecule has 0 aliphatic rings. The molecule has 2 atom stereocenters. The van der Waals surface area contributed by atoms with Crippen molar-refractivity contribution >= 4 is 28.7 Å². The van der Waals surface area contributed by atoms with Crippen molar-refractivity contribution in [3.05, 3.63) is 23.8 Å². The monoisotopic (exact) mass is 333 g/mol. The number of benzene rings is 1. The summed E-state index contributed by atoms with van der Waals surface area (Å²) in [6.45, 7) is 10.6. The summed E-state index contributed by atoms with van der Waals surface area (Å²) >= 11 is 1.49. The number of hydrogen-bond acceptors (Lipinski definition) is 3. The first-order valence-corrected chi connectivity index (χ1v) is 9.35. The first-order chi connectivity index (χ1) is 11.0. The minimum absolute atomic E-state index is 0.190. The Bertz CT molecular complexity index is 657. The van der Waals surface area contributed by atoms with Gasteiger partial charge in [-0.25, -0.2) is 4.98 Å². The molecule has 0 aliphatic carbocycles. The maximum atomic E-state index is 12.6. The van der Waals surface area contributed by atoms with Gasteiger partial charge >= 0.3 is 0 Å². The van der Waals surface area contributed by atoms with E-state index in [2.05, 4.69) is 56.7 Å². The van der Waals surface area contributed by atoms with Gasteiger partial charge in [-0.2, -0.15) is 0 Å². The van der Waals surface area contributed by atoms with Gasteiger partial charge in [0, 0.05) is 12.1 Å². The number of amides is 1. The third kappa shape index (κ3) is 4.28. The van der Waals surface area contributed by atoms with E-state index >= 15 is 0 Å². The molecule has 1 aromatic heterocycles. The number of nitrogens with one attached hydrogen (secondary N) is 1. The van der Waals surface area contributed by atoms with Crippen LogP contribution in [-0.4, -0.2) is 38.6 Å². The molecule has 0 spiro atoms. The minimum atomic E-state index is 0.190. The van der Waals surface area contributed by atoms with Gasteiger partial charge in [0.15, 0.2) is 5.16 Å². The van der Waals surface area contributed by atoms with Gasteiger partial charge in [-0.05, 0) is 51.3 Å². The summed E-state index contributed by atoms with van der Waals surface area (Å²) in [5.74, 6) is 0.614. The standard InChI is InChI=1S/C18H27N3OS/c1-6-13(4)21(14(5)7-2)17(22)11-23-18-19-15-9-8-12(3)10-16(15)20-18/h8-10,13-14H,6-7,11H2,1-5H3,(H,19,20)/t13-,14+. The number of rotatable bonds is 7. The molecule has 1 heterocycles. The lowest BCUT2D eigenvalue weighted by atomic mass is 10.1. The largest absolute Gasteiger partial charge is 0.337 e. The van der Waals surface area contributed by atoms with E-state index in [1.165, 1.54) is 17.3 Å². The van der Waals surface area contributed by atoms with Crippen molar-refractivity contribution < 1.29 is 4.79 Å². The van der Waals surface area contributed by atoms with Gasteiger partial charge in [-0.15, -0.1) is 0 Å². The topological polar surface area (TPSA) is 49.0 Å². The van der Waals surface area contributed by atoms with Crippen LogP contribution in [0.5, 0.6) is 0 Å². The first-order valence-electron chi connectivity index (χ1n) is 8.36. The number of aromatic amines is 1. The number of H-pyrrole nitrogens is 1. The van der Waals surface area contributed by atoms with E-state index in [0.29, 0.717) is 5.75 Å². The molecule has 1 N–H and O–H groups in total. The highest BCUT2D eigenvalue weighted by molar-refractivity contribution is 7.99. The average Bonchev–Trinajstić information content (AvgIpc) is 2.94. The molecular weight excluding hydrogens is 306 g/mol. The van der Waals surface area contributed by atoms with Crippen molar-refractivity contribution in [2.75, 3.05) is 5.75 Å². The molecule has 0 unspecified atom stereocenters. The van der Waals surface area contributed by atoms with Crippen molar-refractivity contribution in [3.8, 4) is 0 Å². The summed E-state index contributed by atoms with van der Waals surface area (Å²) in [4.78, 5) is 22.5. The zero-order valence-corrected chi connectivity index (χ0v) is 15.5. The fourth-order valence-corrected chi connectivity index (χ4v) is 3.45. The Hall–Kier alpha value is -1.49. The van der Waals surface area contributed by atoms with Crippen LogP contribution in [0.15, 0.2) is 23.4 Å². The molecule has 1 amide bonds. The van der Waals surface area contributed by atoms with Crippen molar-refractivity contribution in [3.63, 3.8) is 0 Å². The minimum Gasteiger partial charge on any atom is -0.337 e. The van der Waals surface area contributed by atoms with Gasteiger partial charge in [-0.1, -0.05) is 31.7 Å². The summed E-state index contributed by atoms with van der Waals surface area (Å²) < 4.78 is 0. The van der Waals surface area contributed by atoms with Crippen LogP contribution in [0.25, 0.3) is 11.0 Å². The van der Waals surface area contributed by atoms with E-state index in [0.717, 1.165) is 29.0 Å². The predicted molar refractivity (Wildman–Crippen MR) is 97.9 cm³/mol. The fraction of sp³-hybridized carbons (Fsp3) is 0.556. The quantitative estimate of drug-likeness (QED) is 0.765. The number of aryl methyl sites for hydroxylation is 1. The van der Waals surface area contributed by atoms with Crippen molar-refractivity contribution in [2.24, 2.45) is 0 Å². The van der Waals surface area contributed by atoms with Crippen molar-refractivity contribution in [2.45, 2.75) is 64.7 Å². The van der Waals surface area contributed by atoms with Gasteiger partial charge in [0.1, 0.15) is 0 Å². The lowest BCUT2D eigenvalue weighted by Crippen LogP contribution is -2.45. The lowest BCUT2D eigenvalue weighted by Gasteiger charge is -2.33. The van der Waals surface area contributed by atoms with E-state index in [4.69, 9.17) is 0 Å². The highest BCUT2D eigenvalue weighted by Crippen LogP contribution is 2.22. The normalized spacial score (nSPS) is 14.0. The van der Waals surface area contributed by atoms with Crippen LogP contribution in [0.1, 0.15) is 46.1 Å². The maximum absolute atomic E-state index is 12.6. The Morgan fingerprint density at radius 2 is 1.91 bits per heavy atom. The highest BCUT2D eigenvalue weighted by Gasteiger charge is 2.23. The van der Waals surface area contributed by atoms with Crippen LogP contribution in [0.2, 0.25) is 0 Å². The summed E-state index contributed by atoms with van der Waals surface area (Å²) in [5.41, 5.74) is 3.18. The summed E-state index contributed by atoms with van der Waals surface area (Å²) in [5, 5.41) is 0.812. The zero-order valence-electron chi connectivity index (χ0n) is 14.7. The number of imidazole rings is 1. The fourth-order valence-electron chi connectivity index (χ4n) is 2.69. The third-order valence-corrected chi connectivity index (χ3v) is 5.23. The molecule has 0 fully saturated rings. The smallest absolute Gasteiger partial charge is 0.233 e. The number of nitrogens with zero attached hydrogens (tertiary/aromatic N) is 2. The predicted octanol–water partition coefficient (Wildman–Crippen LogP) is 4.39. The Morgan fingerprint density at radius 3 is 2.52 bits per heavy atom. The Kier molecular flexibility index (Phi) is 6.10. The van der Waals surface area contributed by atoms with Crippen LogP contribution in [0, 0.1) is 6.92 Å². The molecule has 1 aromatic carbocycles.